The van der Waals surface area contributed by atoms with E-state index in [9.17, 15) is 0 Å². The van der Waals surface area contributed by atoms with Gasteiger partial charge in [-0.3, -0.25) is 0 Å². The Hall–Kier alpha value is -6.00. The maximum absolute atomic E-state index is 2.98. The summed E-state index contributed by atoms with van der Waals surface area (Å²) in [5.74, 6) is 0. The first-order valence-electron chi connectivity index (χ1n) is 29.6. The number of rotatable bonds is 4. The summed E-state index contributed by atoms with van der Waals surface area (Å²) >= 11 is 0. The minimum absolute atomic E-state index is 0.00590. The third kappa shape index (κ3) is 7.00. The molecule has 4 heterocycles. The topological polar surface area (TPSA) is 9.72 Å². The van der Waals surface area contributed by atoms with Gasteiger partial charge in [0.05, 0.1) is 16.8 Å². The summed E-state index contributed by atoms with van der Waals surface area (Å²) < 4.78 is 0. The van der Waals surface area contributed by atoms with Crippen LogP contribution in [-0.4, -0.2) is 17.8 Å². The van der Waals surface area contributed by atoms with Gasteiger partial charge < -0.3 is 14.7 Å². The SMILES string of the molecule is CC(C)(C)c1ccc2c(c1)B1c3cc(C(C)(C)C)cc4c3N(c3cc(N5c6ccc(C(C)(C)C)cc6C6(c7ccccc7)CCCCC56C)cc(c31)N2c1ccc(C(C)(C)C)cc1-c1ccccc1)C1(C)CCCCC41C. The van der Waals surface area contributed by atoms with Crippen LogP contribution in [0.5, 0.6) is 0 Å². The standard InChI is InChI=1S/C73H84BN3/c1-66(2,3)49-30-33-59(54(40-49)47-26-18-16-19-27-47)75-61-35-32-51(68(7,8)9)43-57(61)74-58-44-52(69(10,11)12)42-56-65(58)77(71(14)37-23-22-36-70(56,71)13)63-46-53(45-62(75)64(63)74)76-60-34-31-50(67(4,5)6)41-55(60)73(48-28-20-17-21-29-48)39-25-24-38-72(73,76)15/h16-21,26-35,40-46H,22-25,36-39H2,1-15H3. The molecule has 7 aromatic carbocycles. The third-order valence-electron chi connectivity index (χ3n) is 20.9. The second-order valence-electron chi connectivity index (χ2n) is 29.5. The van der Waals surface area contributed by atoms with E-state index < -0.39 is 0 Å². The molecule has 13 rings (SSSR count). The summed E-state index contributed by atoms with van der Waals surface area (Å²) in [6.45, 7) is 36.8. The van der Waals surface area contributed by atoms with Crippen LogP contribution in [0.4, 0.5) is 39.8 Å². The van der Waals surface area contributed by atoms with E-state index in [0.717, 1.165) is 19.3 Å². The lowest BCUT2D eigenvalue weighted by Gasteiger charge is -2.54. The summed E-state index contributed by atoms with van der Waals surface area (Å²) in [6, 6.07) is 56.5. The number of hydrogen-bond acceptors (Lipinski definition) is 3. The summed E-state index contributed by atoms with van der Waals surface area (Å²) in [5.41, 5.74) is 25.7. The van der Waals surface area contributed by atoms with E-state index in [1.807, 2.05) is 0 Å². The van der Waals surface area contributed by atoms with Crippen LogP contribution in [0.2, 0.25) is 0 Å². The Morgan fingerprint density at radius 2 is 0.935 bits per heavy atom. The van der Waals surface area contributed by atoms with Crippen molar-refractivity contribution in [2.24, 2.45) is 0 Å². The van der Waals surface area contributed by atoms with Crippen molar-refractivity contribution in [1.29, 1.82) is 0 Å². The van der Waals surface area contributed by atoms with Gasteiger partial charge in [-0.05, 0) is 158 Å². The van der Waals surface area contributed by atoms with Crippen molar-refractivity contribution in [3.8, 4) is 11.1 Å². The molecule has 0 N–H and O–H groups in total. The van der Waals surface area contributed by atoms with Crippen LogP contribution >= 0.6 is 0 Å². The van der Waals surface area contributed by atoms with E-state index in [0.29, 0.717) is 0 Å². The quantitative estimate of drug-likeness (QED) is 0.163. The Balaban J connectivity index is 1.20. The van der Waals surface area contributed by atoms with E-state index in [2.05, 4.69) is 258 Å². The molecule has 4 unspecified atom stereocenters. The van der Waals surface area contributed by atoms with Gasteiger partial charge in [-0.25, -0.2) is 0 Å². The Morgan fingerprint density at radius 3 is 1.58 bits per heavy atom. The minimum atomic E-state index is -0.248. The van der Waals surface area contributed by atoms with Gasteiger partial charge in [0, 0.05) is 50.5 Å². The zero-order valence-electron chi connectivity index (χ0n) is 49.4. The first-order chi connectivity index (χ1) is 36.3. The Labute approximate surface area is 463 Å². The Morgan fingerprint density at radius 1 is 0.416 bits per heavy atom. The predicted molar refractivity (Wildman–Crippen MR) is 331 cm³/mol. The molecule has 0 saturated heterocycles. The van der Waals surface area contributed by atoms with E-state index >= 15 is 0 Å². The maximum Gasteiger partial charge on any atom is 0.252 e. The first kappa shape index (κ1) is 50.5. The van der Waals surface area contributed by atoms with Gasteiger partial charge in [-0.15, -0.1) is 0 Å². The maximum atomic E-state index is 2.98. The van der Waals surface area contributed by atoms with Gasteiger partial charge in [-0.1, -0.05) is 219 Å². The van der Waals surface area contributed by atoms with Crippen molar-refractivity contribution in [3.63, 3.8) is 0 Å². The van der Waals surface area contributed by atoms with Crippen molar-refractivity contribution in [1.82, 2.24) is 0 Å². The van der Waals surface area contributed by atoms with Crippen molar-refractivity contribution < 1.29 is 0 Å². The molecule has 4 aliphatic heterocycles. The molecule has 2 fully saturated rings. The van der Waals surface area contributed by atoms with Gasteiger partial charge in [0.2, 0.25) is 0 Å². The normalized spacial score (nSPS) is 24.2. The fraction of sp³-hybridized carbons (Fsp3) is 0.425. The Kier molecular flexibility index (Phi) is 10.8. The lowest BCUT2D eigenvalue weighted by molar-refractivity contribution is 0.195. The fourth-order valence-electron chi connectivity index (χ4n) is 16.3. The van der Waals surface area contributed by atoms with Gasteiger partial charge in [0.15, 0.2) is 0 Å². The van der Waals surface area contributed by atoms with Gasteiger partial charge in [-0.2, -0.15) is 0 Å². The molecule has 0 radical (unpaired) electrons. The monoisotopic (exact) mass is 1010 g/mol. The molecule has 7 aromatic rings. The van der Waals surface area contributed by atoms with Crippen LogP contribution < -0.4 is 31.1 Å². The molecular weight excluding hydrogens is 930 g/mol. The van der Waals surface area contributed by atoms with Crippen LogP contribution in [0.25, 0.3) is 11.1 Å². The van der Waals surface area contributed by atoms with Gasteiger partial charge in [0.25, 0.3) is 6.71 Å². The highest BCUT2D eigenvalue weighted by Gasteiger charge is 2.64. The van der Waals surface area contributed by atoms with Crippen LogP contribution in [-0.2, 0) is 32.5 Å². The molecule has 4 atom stereocenters. The second-order valence-corrected chi connectivity index (χ2v) is 29.5. The van der Waals surface area contributed by atoms with Crippen molar-refractivity contribution >= 4 is 62.9 Å². The smallest absolute Gasteiger partial charge is 0.252 e. The molecule has 0 bridgehead atoms. The molecule has 2 saturated carbocycles. The van der Waals surface area contributed by atoms with Crippen LogP contribution in [0.3, 0.4) is 0 Å². The summed E-state index contributed by atoms with van der Waals surface area (Å²) in [7, 11) is 0. The number of fused-ring (bicyclic) bond motifs is 10. The zero-order valence-corrected chi connectivity index (χ0v) is 49.4. The van der Waals surface area contributed by atoms with Crippen molar-refractivity contribution in [3.05, 3.63) is 178 Å². The summed E-state index contributed by atoms with van der Waals surface area (Å²) in [6.07, 6.45) is 9.48. The first-order valence-corrected chi connectivity index (χ1v) is 29.6. The molecule has 3 nitrogen and oxygen atoms in total. The Bertz CT molecular complexity index is 3540. The summed E-state index contributed by atoms with van der Waals surface area (Å²) in [4.78, 5) is 8.63. The molecule has 0 amide bonds. The van der Waals surface area contributed by atoms with Crippen LogP contribution in [0.1, 0.15) is 194 Å². The highest BCUT2D eigenvalue weighted by Crippen LogP contribution is 2.67. The lowest BCUT2D eigenvalue weighted by atomic mass is 9.33. The van der Waals surface area contributed by atoms with Crippen molar-refractivity contribution in [2.45, 2.75) is 199 Å². The van der Waals surface area contributed by atoms with Crippen LogP contribution in [0.15, 0.2) is 140 Å². The van der Waals surface area contributed by atoms with E-state index in [1.54, 1.807) is 5.56 Å². The number of nitrogens with zero attached hydrogens (tertiary/aromatic N) is 3. The number of benzene rings is 7. The number of hydrogen-bond donors (Lipinski definition) is 0. The highest BCUT2D eigenvalue weighted by atomic mass is 15.3. The molecule has 394 valence electrons. The van der Waals surface area contributed by atoms with Crippen molar-refractivity contribution in [2.75, 3.05) is 14.7 Å². The average molecular weight is 1010 g/mol. The molecule has 77 heavy (non-hydrogen) atoms. The minimum Gasteiger partial charge on any atom is -0.335 e. The predicted octanol–water partition coefficient (Wildman–Crippen LogP) is 17.7. The molecule has 0 spiro atoms. The zero-order chi connectivity index (χ0) is 54.2. The molecule has 6 aliphatic rings. The molecule has 4 heteroatoms. The lowest BCUT2D eigenvalue weighted by Crippen LogP contribution is -2.65. The second kappa shape index (κ2) is 16.5. The van der Waals surface area contributed by atoms with E-state index in [4.69, 9.17) is 0 Å². The van der Waals surface area contributed by atoms with E-state index in [-0.39, 0.29) is 50.3 Å². The fourth-order valence-corrected chi connectivity index (χ4v) is 16.3. The summed E-state index contributed by atoms with van der Waals surface area (Å²) in [5, 5.41) is 0. The average Bonchev–Trinajstić information content (AvgIpc) is 2.80. The molecule has 2 aliphatic carbocycles. The molecular formula is C73H84BN3. The highest BCUT2D eigenvalue weighted by molar-refractivity contribution is 7.00. The van der Waals surface area contributed by atoms with Gasteiger partial charge >= 0.3 is 0 Å². The number of anilines is 7. The van der Waals surface area contributed by atoms with Gasteiger partial charge in [0.1, 0.15) is 0 Å². The van der Waals surface area contributed by atoms with E-state index in [1.165, 1.54) is 133 Å². The largest absolute Gasteiger partial charge is 0.335 e. The molecule has 0 aromatic heterocycles. The van der Waals surface area contributed by atoms with Crippen LogP contribution in [0, 0.1) is 0 Å². The third-order valence-corrected chi connectivity index (χ3v) is 20.9.